The van der Waals surface area contributed by atoms with Crippen LogP contribution in [0.1, 0.15) is 43.6 Å². The van der Waals surface area contributed by atoms with E-state index in [0.717, 1.165) is 18.4 Å². The summed E-state index contributed by atoms with van der Waals surface area (Å²) in [6.45, 7) is 3.11. The molecule has 0 N–H and O–H groups in total. The third-order valence-corrected chi connectivity index (χ3v) is 7.15. The third kappa shape index (κ3) is 3.89. The van der Waals surface area contributed by atoms with E-state index in [9.17, 15) is 14.0 Å². The Morgan fingerprint density at radius 2 is 1.90 bits per heavy atom. The Kier molecular flexibility index (Phi) is 5.02. The van der Waals surface area contributed by atoms with Crippen molar-refractivity contribution in [1.82, 2.24) is 14.8 Å². The van der Waals surface area contributed by atoms with Crippen LogP contribution in [0.4, 0.5) is 4.39 Å². The Hall–Kier alpha value is -2.02. The fourth-order valence-corrected chi connectivity index (χ4v) is 5.19. The van der Waals surface area contributed by atoms with E-state index >= 15 is 0 Å². The van der Waals surface area contributed by atoms with E-state index in [-0.39, 0.29) is 41.5 Å². The summed E-state index contributed by atoms with van der Waals surface area (Å²) < 4.78 is 19.4. The molecule has 6 nitrogen and oxygen atoms in total. The maximum absolute atomic E-state index is 13.4. The molecule has 4 fully saturated rings. The van der Waals surface area contributed by atoms with E-state index in [1.54, 1.807) is 12.3 Å². The molecule has 5 rings (SSSR count). The summed E-state index contributed by atoms with van der Waals surface area (Å²) in [5, 5.41) is 0. The smallest absolute Gasteiger partial charge is 0.228 e. The molecule has 1 aromatic heterocycles. The monoisotopic (exact) mass is 401 g/mol. The average molecular weight is 401 g/mol. The summed E-state index contributed by atoms with van der Waals surface area (Å²) >= 11 is 0. The first-order chi connectivity index (χ1) is 14.1. The lowest BCUT2D eigenvalue weighted by atomic mass is 9.88. The predicted octanol–water partition coefficient (Wildman–Crippen LogP) is 2.20. The minimum atomic E-state index is -0.308. The second-order valence-electron chi connectivity index (χ2n) is 9.12. The van der Waals surface area contributed by atoms with Crippen LogP contribution in [0.15, 0.2) is 18.5 Å². The van der Waals surface area contributed by atoms with Crippen LogP contribution in [0.25, 0.3) is 0 Å². The Morgan fingerprint density at radius 3 is 2.62 bits per heavy atom. The predicted molar refractivity (Wildman–Crippen MR) is 103 cm³/mol. The largest absolute Gasteiger partial charge is 0.375 e. The molecule has 3 atom stereocenters. The zero-order chi connectivity index (χ0) is 20.0. The molecular formula is C22H28FN3O3. The summed E-state index contributed by atoms with van der Waals surface area (Å²) in [6.07, 6.45) is 7.60. The van der Waals surface area contributed by atoms with Crippen molar-refractivity contribution in [1.29, 1.82) is 0 Å². The van der Waals surface area contributed by atoms with Gasteiger partial charge in [0.25, 0.3) is 0 Å². The third-order valence-electron chi connectivity index (χ3n) is 7.15. The number of amides is 2. The zero-order valence-electron chi connectivity index (χ0n) is 16.6. The van der Waals surface area contributed by atoms with E-state index in [1.165, 1.54) is 19.0 Å². The number of piperidine rings is 1. The second kappa shape index (κ2) is 7.67. The van der Waals surface area contributed by atoms with E-state index in [1.807, 2.05) is 9.80 Å². The lowest BCUT2D eigenvalue weighted by molar-refractivity contribution is -0.139. The molecule has 29 heavy (non-hydrogen) atoms. The van der Waals surface area contributed by atoms with Gasteiger partial charge in [0, 0.05) is 44.7 Å². The van der Waals surface area contributed by atoms with Crippen molar-refractivity contribution in [2.45, 2.75) is 44.1 Å². The van der Waals surface area contributed by atoms with Crippen molar-refractivity contribution in [3.05, 3.63) is 29.8 Å². The van der Waals surface area contributed by atoms with E-state index < -0.39 is 0 Å². The zero-order valence-corrected chi connectivity index (χ0v) is 16.6. The Morgan fingerprint density at radius 1 is 1.10 bits per heavy atom. The first kappa shape index (κ1) is 19.0. The van der Waals surface area contributed by atoms with Crippen LogP contribution in [-0.2, 0) is 14.3 Å². The molecule has 0 spiro atoms. The first-order valence-corrected chi connectivity index (χ1v) is 10.9. The summed E-state index contributed by atoms with van der Waals surface area (Å²) in [5.41, 5.74) is 0.918. The normalized spacial score (nSPS) is 29.9. The van der Waals surface area contributed by atoms with Gasteiger partial charge in [-0.05, 0) is 49.1 Å². The number of rotatable bonds is 4. The molecule has 1 aromatic rings. The van der Waals surface area contributed by atoms with E-state index in [0.29, 0.717) is 45.1 Å². The second-order valence-corrected chi connectivity index (χ2v) is 9.12. The number of pyridine rings is 1. The minimum absolute atomic E-state index is 0.00279. The number of halogens is 1. The Labute approximate surface area is 170 Å². The number of hydrogen-bond acceptors (Lipinski definition) is 4. The molecule has 3 saturated heterocycles. The molecule has 3 aliphatic heterocycles. The standard InChI is InChI=1S/C22H28FN3O3/c23-17-8-16(9-24-10-17)15-3-5-25(6-4-15)22(28)19-13-29-20-12-26(11-18(19)20)21(27)7-14-1-2-14/h8-10,14-15,18-20H,1-7,11-13H2/t18-,19-,20-/m1/s1. The number of carbonyl (C=O) groups excluding carboxylic acids is 2. The van der Waals surface area contributed by atoms with Crippen molar-refractivity contribution in [3.8, 4) is 0 Å². The van der Waals surface area contributed by atoms with Gasteiger partial charge in [-0.25, -0.2) is 4.39 Å². The SMILES string of the molecule is O=C(CC1CC1)N1C[C@H]2[C@@H](C1)OC[C@H]2C(=O)N1CCC(c2cncc(F)c2)CC1. The number of aromatic nitrogens is 1. The van der Waals surface area contributed by atoms with Crippen molar-refractivity contribution >= 4 is 11.8 Å². The topological polar surface area (TPSA) is 62.7 Å². The fourth-order valence-electron chi connectivity index (χ4n) is 5.19. The molecule has 0 unspecified atom stereocenters. The molecule has 0 bridgehead atoms. The minimum Gasteiger partial charge on any atom is -0.375 e. The van der Waals surface area contributed by atoms with Gasteiger partial charge in [0.15, 0.2) is 0 Å². The van der Waals surface area contributed by atoms with Gasteiger partial charge in [-0.2, -0.15) is 0 Å². The van der Waals surface area contributed by atoms with Crippen molar-refractivity contribution in [2.24, 2.45) is 17.8 Å². The van der Waals surface area contributed by atoms with Gasteiger partial charge in [0.1, 0.15) is 5.82 Å². The summed E-state index contributed by atoms with van der Waals surface area (Å²) in [7, 11) is 0. The number of nitrogens with zero attached hydrogens (tertiary/aromatic N) is 3. The number of ether oxygens (including phenoxy) is 1. The van der Waals surface area contributed by atoms with Crippen LogP contribution in [0.2, 0.25) is 0 Å². The summed E-state index contributed by atoms with van der Waals surface area (Å²) in [5.74, 6) is 0.873. The van der Waals surface area contributed by atoms with Gasteiger partial charge in [0.05, 0.1) is 24.8 Å². The van der Waals surface area contributed by atoms with Crippen molar-refractivity contribution in [2.75, 3.05) is 32.8 Å². The summed E-state index contributed by atoms with van der Waals surface area (Å²) in [6, 6.07) is 1.55. The van der Waals surface area contributed by atoms with Crippen LogP contribution >= 0.6 is 0 Å². The van der Waals surface area contributed by atoms with Crippen LogP contribution in [-0.4, -0.2) is 65.5 Å². The van der Waals surface area contributed by atoms with Gasteiger partial charge in [-0.1, -0.05) is 0 Å². The van der Waals surface area contributed by atoms with E-state index in [2.05, 4.69) is 4.98 Å². The summed E-state index contributed by atoms with van der Waals surface area (Å²) in [4.78, 5) is 33.4. The van der Waals surface area contributed by atoms with Gasteiger partial charge in [0.2, 0.25) is 11.8 Å². The molecule has 2 amide bonds. The van der Waals surface area contributed by atoms with Gasteiger partial charge in [-0.15, -0.1) is 0 Å². The number of likely N-dealkylation sites (tertiary alicyclic amines) is 2. The van der Waals surface area contributed by atoms with Gasteiger partial charge in [-0.3, -0.25) is 14.6 Å². The number of hydrogen-bond donors (Lipinski definition) is 0. The van der Waals surface area contributed by atoms with Crippen LogP contribution < -0.4 is 0 Å². The molecule has 0 radical (unpaired) electrons. The quantitative estimate of drug-likeness (QED) is 0.776. The highest BCUT2D eigenvalue weighted by atomic mass is 19.1. The Bertz CT molecular complexity index is 791. The molecule has 7 heteroatoms. The molecule has 4 aliphatic rings. The lowest BCUT2D eigenvalue weighted by Gasteiger charge is -2.34. The molecule has 4 heterocycles. The molecule has 156 valence electrons. The van der Waals surface area contributed by atoms with Crippen LogP contribution in [0.5, 0.6) is 0 Å². The Balaban J connectivity index is 1.17. The first-order valence-electron chi connectivity index (χ1n) is 10.9. The van der Waals surface area contributed by atoms with Crippen molar-refractivity contribution in [3.63, 3.8) is 0 Å². The average Bonchev–Trinajstić information content (AvgIpc) is 3.30. The van der Waals surface area contributed by atoms with Crippen LogP contribution in [0, 0.1) is 23.6 Å². The lowest BCUT2D eigenvalue weighted by Crippen LogP contribution is -2.44. The maximum atomic E-state index is 13.4. The van der Waals surface area contributed by atoms with E-state index in [4.69, 9.17) is 4.74 Å². The van der Waals surface area contributed by atoms with Crippen molar-refractivity contribution < 1.29 is 18.7 Å². The molecule has 1 saturated carbocycles. The number of carbonyl (C=O) groups is 2. The van der Waals surface area contributed by atoms with Gasteiger partial charge < -0.3 is 14.5 Å². The highest BCUT2D eigenvalue weighted by Gasteiger charge is 2.49. The highest BCUT2D eigenvalue weighted by Crippen LogP contribution is 2.38. The van der Waals surface area contributed by atoms with Gasteiger partial charge >= 0.3 is 0 Å². The molecule has 1 aliphatic carbocycles. The van der Waals surface area contributed by atoms with Crippen LogP contribution in [0.3, 0.4) is 0 Å². The molecular weight excluding hydrogens is 373 g/mol. The highest BCUT2D eigenvalue weighted by molar-refractivity contribution is 5.81. The molecule has 0 aromatic carbocycles. The number of fused-ring (bicyclic) bond motifs is 1. The maximum Gasteiger partial charge on any atom is 0.228 e. The fraction of sp³-hybridized carbons (Fsp3) is 0.682.